The first kappa shape index (κ1) is 17.0. The second kappa shape index (κ2) is 5.81. The summed E-state index contributed by atoms with van der Waals surface area (Å²) in [5.41, 5.74) is 2.99. The van der Waals surface area contributed by atoms with Gasteiger partial charge in [-0.15, -0.1) is 0 Å². The molecule has 4 rings (SSSR count). The van der Waals surface area contributed by atoms with Crippen molar-refractivity contribution in [3.05, 3.63) is 23.3 Å². The summed E-state index contributed by atoms with van der Waals surface area (Å²) in [5.74, 6) is 2.34. The van der Waals surface area contributed by atoms with Crippen LogP contribution in [0.4, 0.5) is 0 Å². The Morgan fingerprint density at radius 1 is 1.17 bits per heavy atom. The van der Waals surface area contributed by atoms with E-state index in [1.165, 1.54) is 12.0 Å². The van der Waals surface area contributed by atoms with Crippen LogP contribution in [0.3, 0.4) is 0 Å². The first-order chi connectivity index (χ1) is 11.4. The maximum absolute atomic E-state index is 12.4. The van der Waals surface area contributed by atoms with Crippen LogP contribution in [-0.2, 0) is 4.79 Å². The molecule has 2 nitrogen and oxygen atoms in total. The van der Waals surface area contributed by atoms with E-state index in [9.17, 15) is 9.90 Å². The van der Waals surface area contributed by atoms with E-state index in [0.29, 0.717) is 17.2 Å². The molecular formula is C21H29BrO2. The van der Waals surface area contributed by atoms with Crippen molar-refractivity contribution >= 4 is 21.7 Å². The lowest BCUT2D eigenvalue weighted by Gasteiger charge is -2.57. The second-order valence-corrected chi connectivity index (χ2v) is 9.58. The van der Waals surface area contributed by atoms with Crippen molar-refractivity contribution in [2.45, 2.75) is 64.9 Å². The average Bonchev–Trinajstić information content (AvgIpc) is 2.92. The maximum atomic E-state index is 12.4. The molecule has 0 saturated heterocycles. The highest BCUT2D eigenvalue weighted by molar-refractivity contribution is 9.09. The Morgan fingerprint density at radius 2 is 1.92 bits per heavy atom. The van der Waals surface area contributed by atoms with E-state index in [4.69, 9.17) is 0 Å². The Hall–Kier alpha value is -0.410. The summed E-state index contributed by atoms with van der Waals surface area (Å²) in [6, 6.07) is 0. The number of halogens is 1. The minimum Gasteiger partial charge on any atom is -0.393 e. The number of rotatable bonds is 2. The van der Waals surface area contributed by atoms with Crippen molar-refractivity contribution in [3.63, 3.8) is 0 Å². The molecule has 6 atom stereocenters. The fourth-order valence-electron chi connectivity index (χ4n) is 6.71. The van der Waals surface area contributed by atoms with E-state index in [1.54, 1.807) is 0 Å². The van der Waals surface area contributed by atoms with Gasteiger partial charge in [-0.2, -0.15) is 0 Å². The third-order valence-corrected chi connectivity index (χ3v) is 8.59. The molecule has 0 amide bonds. The Bertz CT molecular complexity index is 621. The number of hydrogen-bond donors (Lipinski definition) is 1. The number of alkyl halides is 1. The molecule has 1 unspecified atom stereocenters. The molecule has 0 spiro atoms. The Balaban J connectivity index is 1.65. The van der Waals surface area contributed by atoms with Crippen LogP contribution < -0.4 is 0 Å². The molecule has 0 bridgehead atoms. The van der Waals surface area contributed by atoms with Gasteiger partial charge in [0.2, 0.25) is 0 Å². The number of carbonyl (C=O) groups is 1. The van der Waals surface area contributed by atoms with Gasteiger partial charge in [0.25, 0.3) is 0 Å². The largest absolute Gasteiger partial charge is 0.393 e. The number of carbonyl (C=O) groups excluding carboxylic acids is 1. The van der Waals surface area contributed by atoms with E-state index in [0.717, 1.165) is 50.0 Å². The van der Waals surface area contributed by atoms with E-state index in [2.05, 4.69) is 41.9 Å². The molecule has 4 aliphatic carbocycles. The van der Waals surface area contributed by atoms with Gasteiger partial charge in [0.05, 0.1) is 11.4 Å². The van der Waals surface area contributed by atoms with Gasteiger partial charge in [-0.1, -0.05) is 47.5 Å². The van der Waals surface area contributed by atoms with Gasteiger partial charge >= 0.3 is 0 Å². The number of aliphatic hydroxyl groups is 1. The van der Waals surface area contributed by atoms with Crippen molar-refractivity contribution in [3.8, 4) is 0 Å². The van der Waals surface area contributed by atoms with Gasteiger partial charge < -0.3 is 5.11 Å². The van der Waals surface area contributed by atoms with Crippen molar-refractivity contribution in [1.29, 1.82) is 0 Å². The zero-order chi connectivity index (χ0) is 17.1. The molecule has 4 aliphatic rings. The number of fused-ring (bicyclic) bond motifs is 5. The van der Waals surface area contributed by atoms with Gasteiger partial charge in [-0.25, -0.2) is 0 Å². The summed E-state index contributed by atoms with van der Waals surface area (Å²) in [7, 11) is 0. The number of allylic oxidation sites excluding steroid dienone is 3. The molecule has 0 aromatic rings. The van der Waals surface area contributed by atoms with Crippen LogP contribution in [0.25, 0.3) is 0 Å². The summed E-state index contributed by atoms with van der Waals surface area (Å²) in [6.07, 6.45) is 12.1. The van der Waals surface area contributed by atoms with Crippen molar-refractivity contribution in [2.75, 3.05) is 5.33 Å². The van der Waals surface area contributed by atoms with Crippen LogP contribution in [0.15, 0.2) is 23.3 Å². The van der Waals surface area contributed by atoms with Gasteiger partial charge in [0.15, 0.2) is 5.78 Å². The first-order valence-electron chi connectivity index (χ1n) is 9.57. The average molecular weight is 393 g/mol. The van der Waals surface area contributed by atoms with Crippen molar-refractivity contribution in [2.24, 2.45) is 28.6 Å². The van der Waals surface area contributed by atoms with Crippen LogP contribution in [0.2, 0.25) is 0 Å². The molecule has 0 aromatic carbocycles. The molecule has 2 saturated carbocycles. The van der Waals surface area contributed by atoms with Crippen LogP contribution in [-0.4, -0.2) is 22.3 Å². The molecule has 24 heavy (non-hydrogen) atoms. The zero-order valence-electron chi connectivity index (χ0n) is 14.9. The molecule has 3 heteroatoms. The highest BCUT2D eigenvalue weighted by Crippen LogP contribution is 2.64. The molecule has 0 aromatic heterocycles. The van der Waals surface area contributed by atoms with Gasteiger partial charge in [-0.05, 0) is 79.1 Å². The van der Waals surface area contributed by atoms with Gasteiger partial charge in [0, 0.05) is 0 Å². The quantitative estimate of drug-likeness (QED) is 0.540. The molecule has 132 valence electrons. The lowest BCUT2D eigenvalue weighted by atomic mass is 9.47. The van der Waals surface area contributed by atoms with Gasteiger partial charge in [-0.3, -0.25) is 4.79 Å². The highest BCUT2D eigenvalue weighted by Gasteiger charge is 2.57. The fourth-order valence-corrected chi connectivity index (χ4v) is 7.02. The standard InChI is InChI=1S/C21H29BrO2/c1-20-9-7-14(23)11-13(20)3-4-15-16-5-6-18(19(24)12-22)21(16,2)10-8-17(15)20/h3,6,14-17,23H,4-5,7-12H2,1-2H3/t14?,15-,16-,17-,20-,21-/m0/s1. The van der Waals surface area contributed by atoms with Crippen molar-refractivity contribution in [1.82, 2.24) is 0 Å². The number of Topliss-reactive ketones (excluding diaryl/α,β-unsaturated/α-hetero) is 1. The van der Waals surface area contributed by atoms with Crippen LogP contribution in [0.1, 0.15) is 58.8 Å². The van der Waals surface area contributed by atoms with Crippen LogP contribution in [0.5, 0.6) is 0 Å². The molecular weight excluding hydrogens is 364 g/mol. The second-order valence-electron chi connectivity index (χ2n) is 9.02. The molecule has 0 aliphatic heterocycles. The van der Waals surface area contributed by atoms with Crippen molar-refractivity contribution < 1.29 is 9.90 Å². The van der Waals surface area contributed by atoms with E-state index in [1.807, 2.05) is 0 Å². The summed E-state index contributed by atoms with van der Waals surface area (Å²) in [5, 5.41) is 10.5. The van der Waals surface area contributed by atoms with Crippen LogP contribution >= 0.6 is 15.9 Å². The zero-order valence-corrected chi connectivity index (χ0v) is 16.4. The Kier molecular flexibility index (Phi) is 4.12. The minimum absolute atomic E-state index is 0.0852. The van der Waals surface area contributed by atoms with E-state index >= 15 is 0 Å². The smallest absolute Gasteiger partial charge is 0.169 e. The topological polar surface area (TPSA) is 37.3 Å². The molecule has 0 radical (unpaired) electrons. The highest BCUT2D eigenvalue weighted by atomic mass is 79.9. The Labute approximate surface area is 153 Å². The predicted molar refractivity (Wildman–Crippen MR) is 100.0 cm³/mol. The summed E-state index contributed by atoms with van der Waals surface area (Å²) >= 11 is 3.37. The lowest BCUT2D eigenvalue weighted by molar-refractivity contribution is -0.115. The monoisotopic (exact) mass is 392 g/mol. The first-order valence-corrected chi connectivity index (χ1v) is 10.7. The van der Waals surface area contributed by atoms with Gasteiger partial charge in [0.1, 0.15) is 0 Å². The lowest BCUT2D eigenvalue weighted by Crippen LogP contribution is -2.50. The fraction of sp³-hybridized carbons (Fsp3) is 0.762. The van der Waals surface area contributed by atoms with E-state index in [-0.39, 0.29) is 22.7 Å². The summed E-state index contributed by atoms with van der Waals surface area (Å²) in [6.45, 7) is 4.80. The number of hydrogen-bond acceptors (Lipinski definition) is 2. The predicted octanol–water partition coefficient (Wildman–Crippen LogP) is 4.81. The molecule has 1 N–H and O–H groups in total. The summed E-state index contributed by atoms with van der Waals surface area (Å²) < 4.78 is 0. The van der Waals surface area contributed by atoms with E-state index < -0.39 is 0 Å². The SMILES string of the molecule is C[C@]12CCC(O)CC1=CC[C@@H]1[C@@H]2CC[C@]2(C)C(C(=O)CBr)=CC[C@@H]12. The van der Waals surface area contributed by atoms with Crippen LogP contribution in [0, 0.1) is 28.6 Å². The minimum atomic E-state index is -0.133. The third kappa shape index (κ3) is 2.26. The normalized spacial score (nSPS) is 47.2. The molecule has 0 heterocycles. The Morgan fingerprint density at radius 3 is 2.67 bits per heavy atom. The molecule has 2 fully saturated rings. The third-order valence-electron chi connectivity index (χ3n) is 8.08. The maximum Gasteiger partial charge on any atom is 0.169 e. The number of ketones is 1. The summed E-state index contributed by atoms with van der Waals surface area (Å²) in [4.78, 5) is 12.4. The number of aliphatic hydroxyl groups excluding tert-OH is 1.